The molecule has 3 N–H and O–H groups in total. The third-order valence-electron chi connectivity index (χ3n) is 2.34. The highest BCUT2D eigenvalue weighted by Crippen LogP contribution is 2.37. The van der Waals surface area contributed by atoms with Crippen LogP contribution in [0.25, 0.3) is 0 Å². The summed E-state index contributed by atoms with van der Waals surface area (Å²) in [6, 6.07) is 3.61. The molecule has 0 unspecified atom stereocenters. The highest BCUT2D eigenvalue weighted by Gasteiger charge is 2.24. The maximum atomic E-state index is 8.96. The lowest BCUT2D eigenvalue weighted by molar-refractivity contribution is 0.135. The third-order valence-corrected chi connectivity index (χ3v) is 2.34. The van der Waals surface area contributed by atoms with Crippen LogP contribution in [0, 0.1) is 0 Å². The SMILES string of the molecule is COc1cc(N)c2c(c1)C[C@@H](CO)O2. The van der Waals surface area contributed by atoms with Gasteiger partial charge < -0.3 is 20.3 Å². The number of benzene rings is 1. The van der Waals surface area contributed by atoms with Crippen LogP contribution >= 0.6 is 0 Å². The largest absolute Gasteiger partial charge is 0.497 e. The maximum absolute atomic E-state index is 8.96. The monoisotopic (exact) mass is 195 g/mol. The van der Waals surface area contributed by atoms with Gasteiger partial charge in [0.15, 0.2) is 0 Å². The molecule has 4 nitrogen and oxygen atoms in total. The first-order chi connectivity index (χ1) is 6.74. The minimum Gasteiger partial charge on any atom is -0.497 e. The summed E-state index contributed by atoms with van der Waals surface area (Å²) in [6.07, 6.45) is 0.521. The molecule has 0 saturated carbocycles. The molecule has 1 heterocycles. The minimum absolute atomic E-state index is 0.0104. The Bertz CT molecular complexity index is 351. The van der Waals surface area contributed by atoms with Crippen LogP contribution in [0.5, 0.6) is 11.5 Å². The quantitative estimate of drug-likeness (QED) is 0.677. The van der Waals surface area contributed by atoms with Crippen molar-refractivity contribution in [2.45, 2.75) is 12.5 Å². The average Bonchev–Trinajstić information content (AvgIpc) is 2.61. The molecule has 0 spiro atoms. The van der Waals surface area contributed by atoms with Crippen molar-refractivity contribution in [3.8, 4) is 11.5 Å². The number of hydrogen-bond acceptors (Lipinski definition) is 4. The first kappa shape index (κ1) is 9.15. The van der Waals surface area contributed by atoms with Gasteiger partial charge in [-0.3, -0.25) is 0 Å². The molecule has 1 aromatic carbocycles. The van der Waals surface area contributed by atoms with Crippen LogP contribution in [0.1, 0.15) is 5.56 Å². The predicted octanol–water partition coefficient (Wildman–Crippen LogP) is 0.573. The van der Waals surface area contributed by atoms with E-state index in [2.05, 4.69) is 0 Å². The number of fused-ring (bicyclic) bond motifs is 1. The van der Waals surface area contributed by atoms with E-state index in [1.165, 1.54) is 0 Å². The van der Waals surface area contributed by atoms with E-state index in [1.54, 1.807) is 13.2 Å². The van der Waals surface area contributed by atoms with Crippen molar-refractivity contribution >= 4 is 5.69 Å². The highest BCUT2D eigenvalue weighted by atomic mass is 16.5. The van der Waals surface area contributed by atoms with Crippen LogP contribution < -0.4 is 15.2 Å². The first-order valence-corrected chi connectivity index (χ1v) is 4.48. The fourth-order valence-electron chi connectivity index (χ4n) is 1.65. The Morgan fingerprint density at radius 1 is 1.64 bits per heavy atom. The predicted molar refractivity (Wildman–Crippen MR) is 52.6 cm³/mol. The lowest BCUT2D eigenvalue weighted by Crippen LogP contribution is -2.17. The van der Waals surface area contributed by atoms with Gasteiger partial charge in [-0.05, 0) is 6.07 Å². The third kappa shape index (κ3) is 1.37. The van der Waals surface area contributed by atoms with Gasteiger partial charge in [0.2, 0.25) is 0 Å². The molecule has 1 atom stereocenters. The second kappa shape index (κ2) is 3.38. The smallest absolute Gasteiger partial charge is 0.146 e. The zero-order chi connectivity index (χ0) is 10.1. The van der Waals surface area contributed by atoms with Crippen molar-refractivity contribution in [1.29, 1.82) is 0 Å². The summed E-state index contributed by atoms with van der Waals surface area (Å²) >= 11 is 0. The van der Waals surface area contributed by atoms with Crippen LogP contribution in [0.15, 0.2) is 12.1 Å². The van der Waals surface area contributed by atoms with Crippen LogP contribution in [0.3, 0.4) is 0 Å². The molecule has 14 heavy (non-hydrogen) atoms. The van der Waals surface area contributed by atoms with E-state index in [1.807, 2.05) is 6.07 Å². The van der Waals surface area contributed by atoms with Crippen LogP contribution in [-0.2, 0) is 6.42 Å². The van der Waals surface area contributed by atoms with Gasteiger partial charge in [0, 0.05) is 18.1 Å². The number of ether oxygens (including phenoxy) is 2. The molecule has 0 saturated heterocycles. The summed E-state index contributed by atoms with van der Waals surface area (Å²) in [6.45, 7) is 0.0104. The number of hydrogen-bond donors (Lipinski definition) is 2. The van der Waals surface area contributed by atoms with Crippen molar-refractivity contribution in [2.24, 2.45) is 0 Å². The number of methoxy groups -OCH3 is 1. The molecule has 0 radical (unpaired) electrons. The van der Waals surface area contributed by atoms with E-state index in [4.69, 9.17) is 20.3 Å². The number of rotatable bonds is 2. The van der Waals surface area contributed by atoms with Crippen molar-refractivity contribution in [2.75, 3.05) is 19.5 Å². The summed E-state index contributed by atoms with van der Waals surface area (Å²) in [5.74, 6) is 1.41. The molecule has 76 valence electrons. The molecule has 1 aliphatic rings. The molecule has 0 bridgehead atoms. The fourth-order valence-corrected chi connectivity index (χ4v) is 1.65. The molecule has 0 aromatic heterocycles. The van der Waals surface area contributed by atoms with Gasteiger partial charge in [0.05, 0.1) is 19.4 Å². The Labute approximate surface area is 82.2 Å². The topological polar surface area (TPSA) is 64.7 Å². The maximum Gasteiger partial charge on any atom is 0.146 e. The molecule has 2 rings (SSSR count). The van der Waals surface area contributed by atoms with Gasteiger partial charge in [0.25, 0.3) is 0 Å². The fraction of sp³-hybridized carbons (Fsp3) is 0.400. The average molecular weight is 195 g/mol. The minimum atomic E-state index is -0.167. The van der Waals surface area contributed by atoms with Crippen molar-refractivity contribution in [3.05, 3.63) is 17.7 Å². The Morgan fingerprint density at radius 3 is 3.07 bits per heavy atom. The van der Waals surface area contributed by atoms with Crippen molar-refractivity contribution < 1.29 is 14.6 Å². The summed E-state index contributed by atoms with van der Waals surface area (Å²) in [7, 11) is 1.60. The van der Waals surface area contributed by atoms with Crippen LogP contribution in [-0.4, -0.2) is 24.9 Å². The Kier molecular flexibility index (Phi) is 2.21. The Morgan fingerprint density at radius 2 is 2.43 bits per heavy atom. The van der Waals surface area contributed by atoms with E-state index in [0.29, 0.717) is 17.9 Å². The first-order valence-electron chi connectivity index (χ1n) is 4.48. The number of nitrogen functional groups attached to an aromatic ring is 1. The van der Waals surface area contributed by atoms with E-state index in [0.717, 1.165) is 11.3 Å². The van der Waals surface area contributed by atoms with Gasteiger partial charge in [-0.1, -0.05) is 0 Å². The Hall–Kier alpha value is -1.42. The molecule has 0 aliphatic carbocycles. The zero-order valence-electron chi connectivity index (χ0n) is 7.99. The lowest BCUT2D eigenvalue weighted by Gasteiger charge is -2.08. The van der Waals surface area contributed by atoms with Gasteiger partial charge in [-0.25, -0.2) is 0 Å². The second-order valence-corrected chi connectivity index (χ2v) is 3.33. The van der Waals surface area contributed by atoms with Crippen molar-refractivity contribution in [1.82, 2.24) is 0 Å². The summed E-state index contributed by atoms with van der Waals surface area (Å²) in [5, 5.41) is 8.96. The molecule has 1 aromatic rings. The van der Waals surface area contributed by atoms with Gasteiger partial charge in [-0.15, -0.1) is 0 Å². The standard InChI is InChI=1S/C10H13NO3/c1-13-7-2-6-3-8(5-12)14-10(6)9(11)4-7/h2,4,8,12H,3,5,11H2,1H3/t8-/m0/s1. The molecule has 0 amide bonds. The molecule has 1 aliphatic heterocycles. The van der Waals surface area contributed by atoms with E-state index in [-0.39, 0.29) is 12.7 Å². The summed E-state index contributed by atoms with van der Waals surface area (Å²) in [4.78, 5) is 0. The lowest BCUT2D eigenvalue weighted by atomic mass is 10.1. The van der Waals surface area contributed by atoms with Gasteiger partial charge in [0.1, 0.15) is 17.6 Å². The molecule has 0 fully saturated rings. The van der Waals surface area contributed by atoms with E-state index in [9.17, 15) is 0 Å². The zero-order valence-corrected chi connectivity index (χ0v) is 7.99. The van der Waals surface area contributed by atoms with Crippen molar-refractivity contribution in [3.63, 3.8) is 0 Å². The number of anilines is 1. The number of aliphatic hydroxyl groups is 1. The summed E-state index contributed by atoms with van der Waals surface area (Å²) in [5.41, 5.74) is 7.34. The van der Waals surface area contributed by atoms with E-state index >= 15 is 0 Å². The molecular weight excluding hydrogens is 182 g/mol. The van der Waals surface area contributed by atoms with Gasteiger partial charge in [-0.2, -0.15) is 0 Å². The highest BCUT2D eigenvalue weighted by molar-refractivity contribution is 5.62. The van der Waals surface area contributed by atoms with Gasteiger partial charge >= 0.3 is 0 Å². The molecule has 4 heteroatoms. The number of aliphatic hydroxyl groups excluding tert-OH is 1. The summed E-state index contributed by atoms with van der Waals surface area (Å²) < 4.78 is 10.5. The van der Waals surface area contributed by atoms with Crippen LogP contribution in [0.4, 0.5) is 5.69 Å². The van der Waals surface area contributed by atoms with Crippen LogP contribution in [0.2, 0.25) is 0 Å². The second-order valence-electron chi connectivity index (χ2n) is 3.33. The Balaban J connectivity index is 2.37. The van der Waals surface area contributed by atoms with E-state index < -0.39 is 0 Å². The normalized spacial score (nSPS) is 18.9. The molecular formula is C10H13NO3. The number of nitrogens with two attached hydrogens (primary N) is 1.